The first-order valence-electron chi connectivity index (χ1n) is 7.26. The summed E-state index contributed by atoms with van der Waals surface area (Å²) in [7, 11) is 0. The summed E-state index contributed by atoms with van der Waals surface area (Å²) in [6.07, 6.45) is 5.03. The molecule has 1 aromatic heterocycles. The van der Waals surface area contributed by atoms with Crippen molar-refractivity contribution in [2.45, 2.75) is 45.6 Å². The lowest BCUT2D eigenvalue weighted by Crippen LogP contribution is -2.38. The molecule has 2 rings (SSSR count). The van der Waals surface area contributed by atoms with Crippen LogP contribution in [0.4, 0.5) is 5.13 Å². The fourth-order valence-electron chi connectivity index (χ4n) is 2.64. The molecular formula is C14H23N3O2S. The molecule has 1 unspecified atom stereocenters. The molecule has 1 aromatic rings. The van der Waals surface area contributed by atoms with Gasteiger partial charge in [0.15, 0.2) is 5.13 Å². The number of carboxylic acid groups (broad SMARTS) is 1. The Hall–Kier alpha value is -1.14. The van der Waals surface area contributed by atoms with Gasteiger partial charge in [0.1, 0.15) is 4.88 Å². The van der Waals surface area contributed by atoms with Gasteiger partial charge in [0.25, 0.3) is 0 Å². The first-order chi connectivity index (χ1) is 9.58. The zero-order valence-corrected chi connectivity index (χ0v) is 13.0. The maximum absolute atomic E-state index is 10.9. The monoisotopic (exact) mass is 297 g/mol. The van der Waals surface area contributed by atoms with E-state index in [2.05, 4.69) is 22.1 Å². The molecule has 0 spiro atoms. The summed E-state index contributed by atoms with van der Waals surface area (Å²) in [4.78, 5) is 18.1. The molecule has 1 atom stereocenters. The molecule has 1 aliphatic heterocycles. The summed E-state index contributed by atoms with van der Waals surface area (Å²) in [5.74, 6) is -0.893. The number of nitrogens with one attached hydrogen (secondary N) is 1. The van der Waals surface area contributed by atoms with Crippen LogP contribution in [0, 0.1) is 6.92 Å². The van der Waals surface area contributed by atoms with E-state index in [1.54, 1.807) is 6.92 Å². The molecular weight excluding hydrogens is 274 g/mol. The van der Waals surface area contributed by atoms with E-state index in [4.69, 9.17) is 5.11 Å². The van der Waals surface area contributed by atoms with Crippen molar-refractivity contribution in [1.29, 1.82) is 0 Å². The highest BCUT2D eigenvalue weighted by Crippen LogP contribution is 2.22. The average Bonchev–Trinajstić information content (AvgIpc) is 2.78. The van der Waals surface area contributed by atoms with Gasteiger partial charge in [0.05, 0.1) is 5.69 Å². The summed E-state index contributed by atoms with van der Waals surface area (Å²) in [6, 6.07) is 0.699. The van der Waals surface area contributed by atoms with Crippen LogP contribution in [-0.2, 0) is 0 Å². The van der Waals surface area contributed by atoms with Gasteiger partial charge >= 0.3 is 5.97 Å². The number of piperidine rings is 1. The highest BCUT2D eigenvalue weighted by molar-refractivity contribution is 7.17. The predicted octanol–water partition coefficient (Wildman–Crippen LogP) is 2.83. The van der Waals surface area contributed by atoms with Crippen LogP contribution in [0.5, 0.6) is 0 Å². The van der Waals surface area contributed by atoms with Crippen LogP contribution in [0.1, 0.15) is 48.0 Å². The Balaban J connectivity index is 1.73. The van der Waals surface area contributed by atoms with Crippen LogP contribution < -0.4 is 5.32 Å². The number of hydrogen-bond acceptors (Lipinski definition) is 5. The van der Waals surface area contributed by atoms with Crippen molar-refractivity contribution in [2.75, 3.05) is 25.0 Å². The molecule has 2 N–H and O–H groups in total. The summed E-state index contributed by atoms with van der Waals surface area (Å²) < 4.78 is 0. The van der Waals surface area contributed by atoms with E-state index in [9.17, 15) is 4.79 Å². The molecule has 1 aliphatic rings. The predicted molar refractivity (Wildman–Crippen MR) is 81.8 cm³/mol. The van der Waals surface area contributed by atoms with Gasteiger partial charge in [-0.05, 0) is 39.7 Å². The number of nitrogens with zero attached hydrogens (tertiary/aromatic N) is 2. The van der Waals surface area contributed by atoms with E-state index >= 15 is 0 Å². The lowest BCUT2D eigenvalue weighted by atomic mass is 10.0. The Morgan fingerprint density at radius 1 is 1.55 bits per heavy atom. The molecule has 1 saturated heterocycles. The van der Waals surface area contributed by atoms with Crippen LogP contribution in [0.15, 0.2) is 0 Å². The van der Waals surface area contributed by atoms with E-state index in [0.717, 1.165) is 19.5 Å². The van der Waals surface area contributed by atoms with Crippen molar-refractivity contribution in [3.63, 3.8) is 0 Å². The highest BCUT2D eigenvalue weighted by atomic mass is 32.1. The second-order valence-electron chi connectivity index (χ2n) is 5.40. The van der Waals surface area contributed by atoms with Gasteiger partial charge < -0.3 is 15.3 Å². The molecule has 0 saturated carbocycles. The SMILES string of the molecule is Cc1nc(NCCCN2CCCCC2C)sc1C(=O)O. The van der Waals surface area contributed by atoms with Crippen molar-refractivity contribution in [3.05, 3.63) is 10.6 Å². The van der Waals surface area contributed by atoms with Crippen LogP contribution in [0.25, 0.3) is 0 Å². The van der Waals surface area contributed by atoms with Crippen LogP contribution in [-0.4, -0.2) is 46.6 Å². The number of likely N-dealkylation sites (tertiary alicyclic amines) is 1. The van der Waals surface area contributed by atoms with Gasteiger partial charge in [0, 0.05) is 19.1 Å². The third kappa shape index (κ3) is 3.93. The van der Waals surface area contributed by atoms with E-state index in [1.165, 1.54) is 37.1 Å². The van der Waals surface area contributed by atoms with Crippen molar-refractivity contribution < 1.29 is 9.90 Å². The summed E-state index contributed by atoms with van der Waals surface area (Å²) in [5.41, 5.74) is 0.592. The number of carbonyl (C=O) groups is 1. The third-order valence-electron chi connectivity index (χ3n) is 3.83. The smallest absolute Gasteiger partial charge is 0.347 e. The number of aryl methyl sites for hydroxylation is 1. The number of carboxylic acids is 1. The minimum atomic E-state index is -0.893. The van der Waals surface area contributed by atoms with Crippen LogP contribution >= 0.6 is 11.3 Å². The lowest BCUT2D eigenvalue weighted by molar-refractivity contribution is 0.0701. The standard InChI is InChI=1S/C14H23N3O2S/c1-10-6-3-4-8-17(10)9-5-7-15-14-16-11(2)12(20-14)13(18)19/h10H,3-9H2,1-2H3,(H,15,16)(H,18,19). The summed E-state index contributed by atoms with van der Waals surface area (Å²) in [6.45, 7) is 7.19. The Morgan fingerprint density at radius 3 is 3.00 bits per heavy atom. The van der Waals surface area contributed by atoms with Crippen molar-refractivity contribution >= 4 is 22.4 Å². The van der Waals surface area contributed by atoms with E-state index < -0.39 is 5.97 Å². The molecule has 0 aromatic carbocycles. The molecule has 1 fully saturated rings. The lowest BCUT2D eigenvalue weighted by Gasteiger charge is -2.33. The molecule has 20 heavy (non-hydrogen) atoms. The van der Waals surface area contributed by atoms with Gasteiger partial charge in [-0.3, -0.25) is 0 Å². The molecule has 0 radical (unpaired) electrons. The summed E-state index contributed by atoms with van der Waals surface area (Å²) >= 11 is 1.22. The molecule has 0 bridgehead atoms. The van der Waals surface area contributed by atoms with Gasteiger partial charge in [-0.15, -0.1) is 0 Å². The van der Waals surface area contributed by atoms with E-state index in [1.807, 2.05) is 0 Å². The Labute approximate surface area is 124 Å². The average molecular weight is 297 g/mol. The van der Waals surface area contributed by atoms with E-state index in [0.29, 0.717) is 21.7 Å². The van der Waals surface area contributed by atoms with Crippen molar-refractivity contribution in [1.82, 2.24) is 9.88 Å². The fourth-order valence-corrected chi connectivity index (χ4v) is 3.47. The number of hydrogen-bond donors (Lipinski definition) is 2. The Kier molecular flexibility index (Phi) is 5.37. The molecule has 112 valence electrons. The van der Waals surface area contributed by atoms with Gasteiger partial charge in [0.2, 0.25) is 0 Å². The van der Waals surface area contributed by atoms with Gasteiger partial charge in [-0.25, -0.2) is 9.78 Å². The van der Waals surface area contributed by atoms with Crippen molar-refractivity contribution in [2.24, 2.45) is 0 Å². The van der Waals surface area contributed by atoms with Gasteiger partial charge in [-0.2, -0.15) is 0 Å². The minimum Gasteiger partial charge on any atom is -0.477 e. The third-order valence-corrected chi connectivity index (χ3v) is 4.93. The largest absolute Gasteiger partial charge is 0.477 e. The van der Waals surface area contributed by atoms with E-state index in [-0.39, 0.29) is 0 Å². The molecule has 0 aliphatic carbocycles. The second kappa shape index (κ2) is 7.04. The van der Waals surface area contributed by atoms with Crippen LogP contribution in [0.3, 0.4) is 0 Å². The normalized spacial score (nSPS) is 20.0. The first kappa shape index (κ1) is 15.3. The maximum atomic E-state index is 10.9. The fraction of sp³-hybridized carbons (Fsp3) is 0.714. The molecule has 0 amide bonds. The number of aromatic nitrogens is 1. The zero-order chi connectivity index (χ0) is 14.5. The molecule has 6 heteroatoms. The first-order valence-corrected chi connectivity index (χ1v) is 8.08. The van der Waals surface area contributed by atoms with Crippen LogP contribution in [0.2, 0.25) is 0 Å². The number of rotatable bonds is 6. The highest BCUT2D eigenvalue weighted by Gasteiger charge is 2.17. The molecule has 2 heterocycles. The Morgan fingerprint density at radius 2 is 2.35 bits per heavy atom. The second-order valence-corrected chi connectivity index (χ2v) is 6.40. The molecule has 5 nitrogen and oxygen atoms in total. The van der Waals surface area contributed by atoms with Gasteiger partial charge in [-0.1, -0.05) is 17.8 Å². The zero-order valence-electron chi connectivity index (χ0n) is 12.2. The maximum Gasteiger partial charge on any atom is 0.347 e. The number of aromatic carboxylic acids is 1. The minimum absolute atomic E-state index is 0.331. The Bertz CT molecular complexity index is 461. The summed E-state index contributed by atoms with van der Waals surface area (Å²) in [5, 5.41) is 12.9. The number of anilines is 1. The quantitative estimate of drug-likeness (QED) is 0.790. The topological polar surface area (TPSA) is 65.5 Å². The number of thiazole rings is 1. The van der Waals surface area contributed by atoms with Crippen molar-refractivity contribution in [3.8, 4) is 0 Å².